The molecular formula is C16H24ClN3O. The Morgan fingerprint density at radius 1 is 1.29 bits per heavy atom. The van der Waals surface area contributed by atoms with Gasteiger partial charge in [0.25, 0.3) is 0 Å². The first-order chi connectivity index (χ1) is 10.2. The van der Waals surface area contributed by atoms with Crippen LogP contribution < -0.4 is 10.6 Å². The van der Waals surface area contributed by atoms with Gasteiger partial charge >= 0.3 is 0 Å². The number of halogens is 1. The average molecular weight is 310 g/mol. The van der Waals surface area contributed by atoms with Gasteiger partial charge in [-0.25, -0.2) is 4.99 Å². The Bertz CT molecular complexity index is 470. The van der Waals surface area contributed by atoms with Crippen LogP contribution in [-0.4, -0.2) is 29.8 Å². The van der Waals surface area contributed by atoms with Gasteiger partial charge in [0.2, 0.25) is 0 Å². The molecule has 1 saturated carbocycles. The molecule has 116 valence electrons. The molecule has 0 bridgehead atoms. The molecule has 0 atom stereocenters. The van der Waals surface area contributed by atoms with E-state index in [1.54, 1.807) is 0 Å². The van der Waals surface area contributed by atoms with Crippen molar-refractivity contribution in [2.24, 2.45) is 4.99 Å². The lowest BCUT2D eigenvalue weighted by Crippen LogP contribution is -2.45. The number of benzene rings is 1. The summed E-state index contributed by atoms with van der Waals surface area (Å²) in [6.45, 7) is 3.44. The first-order valence-corrected chi connectivity index (χ1v) is 8.03. The predicted octanol–water partition coefficient (Wildman–Crippen LogP) is 2.70. The van der Waals surface area contributed by atoms with Crippen molar-refractivity contribution in [2.45, 2.75) is 51.3 Å². The third-order valence-electron chi connectivity index (χ3n) is 3.75. The van der Waals surface area contributed by atoms with E-state index in [0.717, 1.165) is 48.8 Å². The topological polar surface area (TPSA) is 56.7 Å². The zero-order chi connectivity index (χ0) is 15.1. The first kappa shape index (κ1) is 16.1. The van der Waals surface area contributed by atoms with Crippen molar-refractivity contribution in [3.05, 3.63) is 34.9 Å². The monoisotopic (exact) mass is 309 g/mol. The molecule has 2 rings (SSSR count). The number of aliphatic imine (C=N–C) groups is 1. The maximum Gasteiger partial charge on any atom is 0.191 e. The van der Waals surface area contributed by atoms with E-state index in [1.807, 2.05) is 24.3 Å². The van der Waals surface area contributed by atoms with Gasteiger partial charge in [-0.15, -0.1) is 0 Å². The van der Waals surface area contributed by atoms with Crippen molar-refractivity contribution in [3.8, 4) is 0 Å². The molecule has 0 aromatic heterocycles. The van der Waals surface area contributed by atoms with Gasteiger partial charge in [-0.3, -0.25) is 0 Å². The fourth-order valence-electron chi connectivity index (χ4n) is 2.52. The van der Waals surface area contributed by atoms with Crippen LogP contribution in [0, 0.1) is 0 Å². The smallest absolute Gasteiger partial charge is 0.191 e. The Morgan fingerprint density at radius 3 is 2.67 bits per heavy atom. The van der Waals surface area contributed by atoms with E-state index in [2.05, 4.69) is 22.5 Å². The lowest BCUT2D eigenvalue weighted by atomic mass is 9.93. The summed E-state index contributed by atoms with van der Waals surface area (Å²) in [5.74, 6) is 0.818. The minimum Gasteiger partial charge on any atom is -0.393 e. The Labute approximate surface area is 131 Å². The molecule has 0 heterocycles. The largest absolute Gasteiger partial charge is 0.393 e. The van der Waals surface area contributed by atoms with E-state index in [1.165, 1.54) is 0 Å². The van der Waals surface area contributed by atoms with Gasteiger partial charge in [-0.2, -0.15) is 0 Å². The Morgan fingerprint density at radius 2 is 2.00 bits per heavy atom. The maximum atomic E-state index is 9.56. The molecule has 0 spiro atoms. The van der Waals surface area contributed by atoms with Crippen molar-refractivity contribution in [1.29, 1.82) is 0 Å². The van der Waals surface area contributed by atoms with Crippen LogP contribution in [0.2, 0.25) is 5.02 Å². The number of hydrogen-bond acceptors (Lipinski definition) is 2. The molecular weight excluding hydrogens is 286 g/mol. The molecule has 1 fully saturated rings. The Kier molecular flexibility index (Phi) is 6.33. The molecule has 0 aliphatic heterocycles. The lowest BCUT2D eigenvalue weighted by Gasteiger charge is -2.27. The molecule has 1 aromatic carbocycles. The zero-order valence-corrected chi connectivity index (χ0v) is 13.2. The summed E-state index contributed by atoms with van der Waals surface area (Å²) >= 11 is 6.15. The minimum absolute atomic E-state index is 0.134. The van der Waals surface area contributed by atoms with Crippen molar-refractivity contribution in [2.75, 3.05) is 6.54 Å². The van der Waals surface area contributed by atoms with E-state index in [4.69, 9.17) is 11.6 Å². The molecule has 1 aromatic rings. The third-order valence-corrected chi connectivity index (χ3v) is 4.12. The SMILES string of the molecule is CCNC(=NCc1ccccc1Cl)NC1CCC(O)CC1. The number of rotatable bonds is 4. The zero-order valence-electron chi connectivity index (χ0n) is 12.5. The Hall–Kier alpha value is -1.26. The molecule has 4 nitrogen and oxygen atoms in total. The molecule has 21 heavy (non-hydrogen) atoms. The predicted molar refractivity (Wildman–Crippen MR) is 87.7 cm³/mol. The van der Waals surface area contributed by atoms with Crippen molar-refractivity contribution in [1.82, 2.24) is 10.6 Å². The van der Waals surface area contributed by atoms with E-state index in [9.17, 15) is 5.11 Å². The van der Waals surface area contributed by atoms with Gasteiger partial charge < -0.3 is 15.7 Å². The number of nitrogens with zero attached hydrogens (tertiary/aromatic N) is 1. The summed E-state index contributed by atoms with van der Waals surface area (Å²) in [7, 11) is 0. The van der Waals surface area contributed by atoms with Gasteiger partial charge in [-0.1, -0.05) is 29.8 Å². The highest BCUT2D eigenvalue weighted by atomic mass is 35.5. The van der Waals surface area contributed by atoms with Crippen LogP contribution in [-0.2, 0) is 6.54 Å². The second-order valence-corrected chi connectivity index (χ2v) is 5.84. The standard InChI is InChI=1S/C16H24ClN3O/c1-2-18-16(20-13-7-9-14(21)10-8-13)19-11-12-5-3-4-6-15(12)17/h3-6,13-14,21H,2,7-11H2,1H3,(H2,18,19,20). The van der Waals surface area contributed by atoms with Crippen LogP contribution in [0.3, 0.4) is 0 Å². The van der Waals surface area contributed by atoms with Crippen molar-refractivity contribution in [3.63, 3.8) is 0 Å². The summed E-state index contributed by atoms with van der Waals surface area (Å²) in [6.07, 6.45) is 3.56. The van der Waals surface area contributed by atoms with Gasteiger partial charge in [0.05, 0.1) is 12.6 Å². The van der Waals surface area contributed by atoms with E-state index in [-0.39, 0.29) is 6.10 Å². The van der Waals surface area contributed by atoms with Crippen LogP contribution >= 0.6 is 11.6 Å². The fourth-order valence-corrected chi connectivity index (χ4v) is 2.72. The molecule has 0 unspecified atom stereocenters. The summed E-state index contributed by atoms with van der Waals surface area (Å²) in [5, 5.41) is 17.0. The highest BCUT2D eigenvalue weighted by Crippen LogP contribution is 2.18. The molecule has 1 aliphatic carbocycles. The highest BCUT2D eigenvalue weighted by Gasteiger charge is 2.19. The number of hydrogen-bond donors (Lipinski definition) is 3. The molecule has 0 amide bonds. The quantitative estimate of drug-likeness (QED) is 0.592. The van der Waals surface area contributed by atoms with E-state index >= 15 is 0 Å². The summed E-state index contributed by atoms with van der Waals surface area (Å²) in [4.78, 5) is 4.61. The minimum atomic E-state index is -0.134. The van der Waals surface area contributed by atoms with Crippen LogP contribution in [0.5, 0.6) is 0 Å². The molecule has 3 N–H and O–H groups in total. The van der Waals surface area contributed by atoms with Crippen molar-refractivity contribution < 1.29 is 5.11 Å². The van der Waals surface area contributed by atoms with Crippen LogP contribution in [0.4, 0.5) is 0 Å². The van der Waals surface area contributed by atoms with E-state index < -0.39 is 0 Å². The van der Waals surface area contributed by atoms with Gasteiger partial charge in [0.1, 0.15) is 0 Å². The van der Waals surface area contributed by atoms with Crippen LogP contribution in [0.25, 0.3) is 0 Å². The third kappa shape index (κ3) is 5.21. The molecule has 0 radical (unpaired) electrons. The van der Waals surface area contributed by atoms with Crippen molar-refractivity contribution >= 4 is 17.6 Å². The Balaban J connectivity index is 1.94. The molecule has 1 aliphatic rings. The molecule has 5 heteroatoms. The second-order valence-electron chi connectivity index (χ2n) is 5.44. The van der Waals surface area contributed by atoms with Crippen LogP contribution in [0.15, 0.2) is 29.3 Å². The summed E-state index contributed by atoms with van der Waals surface area (Å²) in [5.41, 5.74) is 1.02. The van der Waals surface area contributed by atoms with Crippen LogP contribution in [0.1, 0.15) is 38.2 Å². The van der Waals surface area contributed by atoms with Gasteiger partial charge in [-0.05, 0) is 44.2 Å². The van der Waals surface area contributed by atoms with Gasteiger partial charge in [0, 0.05) is 17.6 Å². The number of aliphatic hydroxyl groups excluding tert-OH is 1. The average Bonchev–Trinajstić information content (AvgIpc) is 2.49. The number of aliphatic hydroxyl groups is 1. The summed E-state index contributed by atoms with van der Waals surface area (Å²) in [6, 6.07) is 8.16. The van der Waals surface area contributed by atoms with E-state index in [0.29, 0.717) is 12.6 Å². The highest BCUT2D eigenvalue weighted by molar-refractivity contribution is 6.31. The molecule has 0 saturated heterocycles. The second kappa shape index (κ2) is 8.25. The van der Waals surface area contributed by atoms with Gasteiger partial charge in [0.15, 0.2) is 5.96 Å². The number of guanidine groups is 1. The number of nitrogens with one attached hydrogen (secondary N) is 2. The fraction of sp³-hybridized carbons (Fsp3) is 0.562. The first-order valence-electron chi connectivity index (χ1n) is 7.65. The normalized spacial score (nSPS) is 22.9. The lowest BCUT2D eigenvalue weighted by molar-refractivity contribution is 0.120. The maximum absolute atomic E-state index is 9.56. The summed E-state index contributed by atoms with van der Waals surface area (Å²) < 4.78 is 0.